The molecule has 14 heteroatoms. The van der Waals surface area contributed by atoms with E-state index in [2.05, 4.69) is 116 Å². The second kappa shape index (κ2) is 52.3. The minimum atomic E-state index is -1.79. The molecule has 472 valence electrons. The molecule has 2 rings (SSSR count). The monoisotopic (exact) mass is 1160 g/mol. The van der Waals surface area contributed by atoms with Crippen LogP contribution in [0, 0.1) is 0 Å². The Bertz CT molecular complexity index is 1740. The standard InChI is InChI=1S/C68H117NO13/c1-3-5-7-9-11-13-15-17-19-20-21-22-23-24-25-26-27-28-29-30-31-32-33-34-35-36-38-40-42-44-46-48-50-52-60(73)69-56(57(72)51-49-47-45-43-41-39-37-18-16-14-12-10-8-6-4-2)55-79-67-65(78)63(76)66(59(54-71)81-67)82-68-64(77)62(75)61(74)58(53-70)80-68/h5,7,11,13,17,19,21-22,24-25,27-28,30-31,33-34,56-59,61-68,70-72,74-78H,3-4,6,8-10,12,14-16,18,20,23,26,29,32,35-55H2,1-2H3,(H,69,73)/b7-5-,13-11-,19-17-,22-21-,25-24-,28-27-,31-30-,34-33-. The summed E-state index contributed by atoms with van der Waals surface area (Å²) >= 11 is 0. The Morgan fingerprint density at radius 2 is 0.841 bits per heavy atom. The van der Waals surface area contributed by atoms with Gasteiger partial charge in [-0.1, -0.05) is 246 Å². The van der Waals surface area contributed by atoms with Gasteiger partial charge in [-0.05, 0) is 77.0 Å². The van der Waals surface area contributed by atoms with Crippen molar-refractivity contribution in [3.63, 3.8) is 0 Å². The molecule has 0 bridgehead atoms. The zero-order chi connectivity index (χ0) is 59.5. The van der Waals surface area contributed by atoms with Crippen molar-refractivity contribution in [3.8, 4) is 0 Å². The van der Waals surface area contributed by atoms with Crippen LogP contribution in [-0.2, 0) is 23.7 Å². The third kappa shape index (κ3) is 36.7. The minimum absolute atomic E-state index is 0.219. The van der Waals surface area contributed by atoms with Gasteiger partial charge in [0.05, 0.1) is 32.0 Å². The van der Waals surface area contributed by atoms with Crippen molar-refractivity contribution in [2.24, 2.45) is 0 Å². The number of hydrogen-bond donors (Lipinski definition) is 9. The molecule has 2 aliphatic rings. The van der Waals surface area contributed by atoms with Crippen LogP contribution in [0.1, 0.15) is 232 Å². The lowest BCUT2D eigenvalue weighted by molar-refractivity contribution is -0.359. The van der Waals surface area contributed by atoms with Crippen LogP contribution in [0.15, 0.2) is 97.2 Å². The fraction of sp³-hybridized carbons (Fsp3) is 0.750. The van der Waals surface area contributed by atoms with Crippen LogP contribution in [-0.4, -0.2) is 140 Å². The Balaban J connectivity index is 1.68. The SMILES string of the molecule is CC/C=C\C/C=C\C/C=C\C/C=C\C/C=C\C/C=C\C/C=C\C/C=C\CCCCCCCCCCC(=O)NC(COC1OC(CO)C(OC2OC(CO)C(O)C(O)C2O)C(O)C1O)C(O)CCCCCCCCCCCCCCCCC. The number of allylic oxidation sites excluding steroid dienone is 16. The number of carbonyl (C=O) groups is 1. The Morgan fingerprint density at radius 1 is 0.451 bits per heavy atom. The van der Waals surface area contributed by atoms with Crippen LogP contribution in [0.4, 0.5) is 0 Å². The molecule has 12 unspecified atom stereocenters. The molecule has 2 heterocycles. The fourth-order valence-corrected chi connectivity index (χ4v) is 10.1. The third-order valence-electron chi connectivity index (χ3n) is 15.3. The van der Waals surface area contributed by atoms with E-state index >= 15 is 0 Å². The molecule has 0 aromatic carbocycles. The number of aliphatic hydroxyl groups excluding tert-OH is 8. The number of ether oxygens (including phenoxy) is 4. The highest BCUT2D eigenvalue weighted by atomic mass is 16.7. The lowest BCUT2D eigenvalue weighted by Gasteiger charge is -2.46. The van der Waals surface area contributed by atoms with Crippen LogP contribution < -0.4 is 5.32 Å². The number of aliphatic hydroxyl groups is 8. The number of carbonyl (C=O) groups excluding carboxylic acids is 1. The van der Waals surface area contributed by atoms with Gasteiger partial charge in [0.25, 0.3) is 0 Å². The second-order valence-electron chi connectivity index (χ2n) is 22.5. The molecule has 0 radical (unpaired) electrons. The highest BCUT2D eigenvalue weighted by Crippen LogP contribution is 2.30. The molecule has 0 spiro atoms. The van der Waals surface area contributed by atoms with Crippen molar-refractivity contribution in [1.29, 1.82) is 0 Å². The zero-order valence-electron chi connectivity index (χ0n) is 50.9. The van der Waals surface area contributed by atoms with Gasteiger partial charge in [0, 0.05) is 6.42 Å². The van der Waals surface area contributed by atoms with Crippen LogP contribution in [0.2, 0.25) is 0 Å². The van der Waals surface area contributed by atoms with E-state index in [1.807, 2.05) is 0 Å². The quantitative estimate of drug-likeness (QED) is 0.0204. The predicted molar refractivity (Wildman–Crippen MR) is 332 cm³/mol. The lowest BCUT2D eigenvalue weighted by Crippen LogP contribution is -2.65. The average Bonchev–Trinajstić information content (AvgIpc) is 3.60. The molecule has 0 aromatic heterocycles. The first-order chi connectivity index (χ1) is 40.1. The Morgan fingerprint density at radius 3 is 1.29 bits per heavy atom. The summed E-state index contributed by atoms with van der Waals surface area (Å²) in [5, 5.41) is 87.4. The molecule has 0 saturated carbocycles. The first-order valence-electron chi connectivity index (χ1n) is 32.5. The summed E-state index contributed by atoms with van der Waals surface area (Å²) in [4.78, 5) is 13.3. The van der Waals surface area contributed by atoms with Gasteiger partial charge in [-0.2, -0.15) is 0 Å². The molecule has 2 fully saturated rings. The fourth-order valence-electron chi connectivity index (χ4n) is 10.1. The molecule has 9 N–H and O–H groups in total. The summed E-state index contributed by atoms with van der Waals surface area (Å²) in [7, 11) is 0. The number of hydrogen-bond acceptors (Lipinski definition) is 13. The van der Waals surface area contributed by atoms with Gasteiger partial charge in [-0.15, -0.1) is 0 Å². The summed E-state index contributed by atoms with van der Waals surface area (Å²) in [5.41, 5.74) is 0. The maximum Gasteiger partial charge on any atom is 0.220 e. The Labute approximate surface area is 496 Å². The van der Waals surface area contributed by atoms with E-state index in [0.717, 1.165) is 103 Å². The van der Waals surface area contributed by atoms with Crippen LogP contribution >= 0.6 is 0 Å². The van der Waals surface area contributed by atoms with E-state index < -0.39 is 86.8 Å². The van der Waals surface area contributed by atoms with Gasteiger partial charge in [-0.25, -0.2) is 0 Å². The van der Waals surface area contributed by atoms with Crippen LogP contribution in [0.25, 0.3) is 0 Å². The highest BCUT2D eigenvalue weighted by molar-refractivity contribution is 5.76. The van der Waals surface area contributed by atoms with E-state index in [1.54, 1.807) is 0 Å². The number of amides is 1. The molecular formula is C68H117NO13. The van der Waals surface area contributed by atoms with Crippen molar-refractivity contribution < 1.29 is 64.6 Å². The lowest BCUT2D eigenvalue weighted by atomic mass is 9.97. The molecule has 82 heavy (non-hydrogen) atoms. The largest absolute Gasteiger partial charge is 0.394 e. The topological polar surface area (TPSA) is 228 Å². The van der Waals surface area contributed by atoms with Gasteiger partial charge in [0.15, 0.2) is 12.6 Å². The predicted octanol–water partition coefficient (Wildman–Crippen LogP) is 12.2. The minimum Gasteiger partial charge on any atom is -0.394 e. The molecule has 14 nitrogen and oxygen atoms in total. The van der Waals surface area contributed by atoms with Gasteiger partial charge in [0.1, 0.15) is 48.8 Å². The highest BCUT2D eigenvalue weighted by Gasteiger charge is 2.51. The van der Waals surface area contributed by atoms with Crippen LogP contribution in [0.5, 0.6) is 0 Å². The van der Waals surface area contributed by atoms with E-state index in [4.69, 9.17) is 18.9 Å². The third-order valence-corrected chi connectivity index (χ3v) is 15.3. The maximum absolute atomic E-state index is 13.3. The van der Waals surface area contributed by atoms with Gasteiger partial charge >= 0.3 is 0 Å². The van der Waals surface area contributed by atoms with E-state index in [0.29, 0.717) is 12.8 Å². The normalized spacial score (nSPS) is 24.6. The molecule has 0 aromatic rings. The molecule has 12 atom stereocenters. The second-order valence-corrected chi connectivity index (χ2v) is 22.5. The first kappa shape index (κ1) is 75.0. The van der Waals surface area contributed by atoms with Gasteiger partial charge in [-0.3, -0.25) is 4.79 Å². The molecule has 2 aliphatic heterocycles. The van der Waals surface area contributed by atoms with E-state index in [9.17, 15) is 45.6 Å². The summed E-state index contributed by atoms with van der Waals surface area (Å²) in [6, 6.07) is -0.840. The van der Waals surface area contributed by atoms with Gasteiger partial charge < -0.3 is 65.1 Å². The van der Waals surface area contributed by atoms with Crippen molar-refractivity contribution in [2.75, 3.05) is 19.8 Å². The van der Waals surface area contributed by atoms with E-state index in [1.165, 1.54) is 96.3 Å². The zero-order valence-corrected chi connectivity index (χ0v) is 50.9. The summed E-state index contributed by atoms with van der Waals surface area (Å²) in [6.07, 6.45) is 55.5. The number of rotatable bonds is 51. The summed E-state index contributed by atoms with van der Waals surface area (Å²) < 4.78 is 22.9. The smallest absolute Gasteiger partial charge is 0.220 e. The van der Waals surface area contributed by atoms with Crippen molar-refractivity contribution in [3.05, 3.63) is 97.2 Å². The Kier molecular flexibility index (Phi) is 47.8. The summed E-state index contributed by atoms with van der Waals surface area (Å²) in [5.74, 6) is -0.219. The Hall–Kier alpha value is -3.09. The van der Waals surface area contributed by atoms with Crippen molar-refractivity contribution >= 4 is 5.91 Å². The van der Waals surface area contributed by atoms with Gasteiger partial charge in [0.2, 0.25) is 5.91 Å². The number of unbranched alkanes of at least 4 members (excludes halogenated alkanes) is 22. The molecule has 2 saturated heterocycles. The molecular weight excluding hydrogens is 1040 g/mol. The van der Waals surface area contributed by atoms with E-state index in [-0.39, 0.29) is 18.9 Å². The van der Waals surface area contributed by atoms with Crippen molar-refractivity contribution in [2.45, 2.75) is 306 Å². The summed E-state index contributed by atoms with van der Waals surface area (Å²) in [6.45, 7) is 2.74. The van der Waals surface area contributed by atoms with Crippen LogP contribution in [0.3, 0.4) is 0 Å². The molecule has 0 aliphatic carbocycles. The first-order valence-corrected chi connectivity index (χ1v) is 32.5. The van der Waals surface area contributed by atoms with Crippen molar-refractivity contribution in [1.82, 2.24) is 5.32 Å². The molecule has 1 amide bonds. The number of nitrogens with one attached hydrogen (secondary N) is 1. The average molecular weight is 1160 g/mol. The maximum atomic E-state index is 13.3.